The summed E-state index contributed by atoms with van der Waals surface area (Å²) in [6.45, 7) is 12.1. The van der Waals surface area contributed by atoms with Crippen LogP contribution in [0.25, 0.3) is 11.3 Å². The van der Waals surface area contributed by atoms with Gasteiger partial charge in [-0.05, 0) is 67.2 Å². The van der Waals surface area contributed by atoms with Gasteiger partial charge in [-0.15, -0.1) is 0 Å². The molecule has 5 rings (SSSR count). The second-order valence-electron chi connectivity index (χ2n) is 10.7. The Labute approximate surface area is 243 Å². The summed E-state index contributed by atoms with van der Waals surface area (Å²) >= 11 is 0. The molecule has 0 N–H and O–H groups in total. The average molecular weight is 548 g/mol. The van der Waals surface area contributed by atoms with Crippen LogP contribution in [0, 0.1) is 6.42 Å². The minimum atomic E-state index is -0.127. The van der Waals surface area contributed by atoms with Gasteiger partial charge in [0.15, 0.2) is 0 Å². The summed E-state index contributed by atoms with van der Waals surface area (Å²) in [5, 5.41) is 4.69. The molecule has 0 spiro atoms. The Balaban J connectivity index is 1.22. The summed E-state index contributed by atoms with van der Waals surface area (Å²) in [5.74, 6) is 0.658. The van der Waals surface area contributed by atoms with Gasteiger partial charge in [0.1, 0.15) is 12.4 Å². The minimum Gasteiger partial charge on any atom is -0.491 e. The summed E-state index contributed by atoms with van der Waals surface area (Å²) in [6, 6.07) is 19.9. The molecule has 1 aromatic heterocycles. The monoisotopic (exact) mass is 547 g/mol. The molecule has 211 valence electrons. The van der Waals surface area contributed by atoms with Crippen LogP contribution in [-0.2, 0) is 17.7 Å². The van der Waals surface area contributed by atoms with E-state index in [2.05, 4.69) is 59.2 Å². The maximum absolute atomic E-state index is 12.7. The molecule has 3 aromatic rings. The Bertz CT molecular complexity index is 1530. The van der Waals surface area contributed by atoms with Gasteiger partial charge in [0.2, 0.25) is 0 Å². The highest BCUT2D eigenvalue weighted by atomic mass is 16.5. The molecule has 0 saturated carbocycles. The Morgan fingerprint density at radius 1 is 1.05 bits per heavy atom. The van der Waals surface area contributed by atoms with Crippen molar-refractivity contribution < 1.29 is 4.74 Å². The fourth-order valence-corrected chi connectivity index (χ4v) is 5.17. The summed E-state index contributed by atoms with van der Waals surface area (Å²) in [6.07, 6.45) is 10.2. The van der Waals surface area contributed by atoms with Crippen LogP contribution in [0.2, 0.25) is 0 Å². The SMILES string of the molecule is C=C/C(=C\N=C(C)c1cccc(Cn2nc(-c3cccc(CCC)c3)ccc2=O)c1)OCCN1CCC2=C([CH]2)CC1. The molecule has 0 fully saturated rings. The topological polar surface area (TPSA) is 59.7 Å². The Morgan fingerprint density at radius 3 is 2.61 bits per heavy atom. The largest absolute Gasteiger partial charge is 0.491 e. The van der Waals surface area contributed by atoms with Gasteiger partial charge in [0.05, 0.1) is 18.4 Å². The molecule has 0 amide bonds. The first kappa shape index (κ1) is 28.5. The molecule has 0 atom stereocenters. The number of allylic oxidation sites excluding steroid dienone is 1. The van der Waals surface area contributed by atoms with E-state index in [0.717, 1.165) is 73.4 Å². The second-order valence-corrected chi connectivity index (χ2v) is 10.7. The Kier molecular flexibility index (Phi) is 9.42. The molecule has 6 nitrogen and oxygen atoms in total. The molecule has 1 aliphatic carbocycles. The summed E-state index contributed by atoms with van der Waals surface area (Å²) in [5.41, 5.74) is 8.89. The van der Waals surface area contributed by atoms with Crippen LogP contribution in [0.5, 0.6) is 0 Å². The number of ether oxygens (including phenoxy) is 1. The van der Waals surface area contributed by atoms with E-state index < -0.39 is 0 Å². The highest BCUT2D eigenvalue weighted by molar-refractivity contribution is 5.99. The van der Waals surface area contributed by atoms with Gasteiger partial charge in [0.25, 0.3) is 5.56 Å². The molecule has 41 heavy (non-hydrogen) atoms. The van der Waals surface area contributed by atoms with Crippen LogP contribution in [0.1, 0.15) is 49.8 Å². The number of benzene rings is 2. The molecule has 6 heteroatoms. The van der Waals surface area contributed by atoms with E-state index >= 15 is 0 Å². The van der Waals surface area contributed by atoms with Crippen molar-refractivity contribution in [3.8, 4) is 11.3 Å². The first-order valence-corrected chi connectivity index (χ1v) is 14.6. The van der Waals surface area contributed by atoms with Crippen molar-refractivity contribution in [2.75, 3.05) is 26.2 Å². The Hall–Kier alpha value is -4.03. The van der Waals surface area contributed by atoms with Crippen molar-refractivity contribution in [1.29, 1.82) is 0 Å². The average Bonchev–Trinajstić information content (AvgIpc) is 3.77. The predicted octanol–water partition coefficient (Wildman–Crippen LogP) is 6.37. The van der Waals surface area contributed by atoms with Gasteiger partial charge >= 0.3 is 0 Å². The van der Waals surface area contributed by atoms with Crippen LogP contribution in [0.4, 0.5) is 0 Å². The smallest absolute Gasteiger partial charge is 0.267 e. The Morgan fingerprint density at radius 2 is 1.83 bits per heavy atom. The molecule has 2 aliphatic rings. The standard InChI is InChI=1S/C35H39N4O2/c1-4-8-27-9-6-12-32(21-27)34-13-14-35(40)39(37-34)25-28-10-7-11-29(22-28)26(3)36-24-33(5-2)41-20-19-38-17-15-30-23-31(30)16-18-38/h5-7,9-14,21-24H,2,4,8,15-20,25H2,1,3H3/b33-24+,36-26?. The van der Waals surface area contributed by atoms with E-state index in [0.29, 0.717) is 18.9 Å². The lowest BCUT2D eigenvalue weighted by molar-refractivity contribution is 0.166. The molecular weight excluding hydrogens is 508 g/mol. The number of hydrogen-bond acceptors (Lipinski definition) is 5. The second kappa shape index (κ2) is 13.6. The predicted molar refractivity (Wildman–Crippen MR) is 167 cm³/mol. The molecule has 0 unspecified atom stereocenters. The van der Waals surface area contributed by atoms with Gasteiger partial charge in [-0.2, -0.15) is 5.10 Å². The third-order valence-corrected chi connectivity index (χ3v) is 7.64. The molecular formula is C35H39N4O2. The first-order valence-electron chi connectivity index (χ1n) is 14.6. The number of aryl methyl sites for hydroxylation is 1. The van der Waals surface area contributed by atoms with E-state index in [1.807, 2.05) is 31.2 Å². The van der Waals surface area contributed by atoms with Gasteiger partial charge in [-0.3, -0.25) is 14.7 Å². The molecule has 1 aliphatic heterocycles. The zero-order valence-electron chi connectivity index (χ0n) is 24.2. The molecule has 1 radical (unpaired) electrons. The van der Waals surface area contributed by atoms with Crippen molar-refractivity contribution in [2.45, 2.75) is 46.1 Å². The highest BCUT2D eigenvalue weighted by Gasteiger charge is 2.25. The van der Waals surface area contributed by atoms with Gasteiger partial charge in [-0.25, -0.2) is 4.68 Å². The van der Waals surface area contributed by atoms with Gasteiger partial charge < -0.3 is 4.74 Å². The minimum absolute atomic E-state index is 0.127. The van der Waals surface area contributed by atoms with Crippen molar-refractivity contribution in [1.82, 2.24) is 14.7 Å². The highest BCUT2D eigenvalue weighted by Crippen LogP contribution is 2.37. The zero-order valence-corrected chi connectivity index (χ0v) is 24.2. The number of hydrogen-bond donors (Lipinski definition) is 0. The van der Waals surface area contributed by atoms with Crippen LogP contribution >= 0.6 is 0 Å². The molecule has 0 bridgehead atoms. The maximum atomic E-state index is 12.7. The molecule has 0 saturated heterocycles. The number of rotatable bonds is 12. The lowest BCUT2D eigenvalue weighted by atomic mass is 10.0. The summed E-state index contributed by atoms with van der Waals surface area (Å²) < 4.78 is 7.50. The quantitative estimate of drug-likeness (QED) is 0.150. The normalized spacial score (nSPS) is 15.9. The van der Waals surface area contributed by atoms with E-state index in [-0.39, 0.29) is 5.56 Å². The molecule has 2 heterocycles. The first-order chi connectivity index (χ1) is 20.0. The van der Waals surface area contributed by atoms with Crippen molar-refractivity contribution in [3.63, 3.8) is 0 Å². The third kappa shape index (κ3) is 7.80. The van der Waals surface area contributed by atoms with Crippen LogP contribution in [0.3, 0.4) is 0 Å². The van der Waals surface area contributed by atoms with Crippen LogP contribution in [-0.4, -0.2) is 46.6 Å². The van der Waals surface area contributed by atoms with E-state index in [1.165, 1.54) is 10.2 Å². The lowest BCUT2D eigenvalue weighted by Gasteiger charge is -2.20. The van der Waals surface area contributed by atoms with Crippen molar-refractivity contribution in [2.24, 2.45) is 4.99 Å². The number of nitrogens with zero attached hydrogens (tertiary/aromatic N) is 4. The maximum Gasteiger partial charge on any atom is 0.267 e. The summed E-state index contributed by atoms with van der Waals surface area (Å²) in [7, 11) is 0. The number of aromatic nitrogens is 2. The third-order valence-electron chi connectivity index (χ3n) is 7.64. The van der Waals surface area contributed by atoms with Gasteiger partial charge in [0, 0.05) is 43.4 Å². The summed E-state index contributed by atoms with van der Waals surface area (Å²) in [4.78, 5) is 19.8. The van der Waals surface area contributed by atoms with Crippen LogP contribution in [0.15, 0.2) is 106 Å². The molecule has 2 aromatic carbocycles. The van der Waals surface area contributed by atoms with E-state index in [9.17, 15) is 4.79 Å². The number of aliphatic imine (C=N–C) groups is 1. The van der Waals surface area contributed by atoms with Crippen molar-refractivity contribution in [3.05, 3.63) is 130 Å². The fraction of sp³-hybridized carbons (Fsp3) is 0.314. The van der Waals surface area contributed by atoms with Crippen molar-refractivity contribution >= 4 is 5.71 Å². The zero-order chi connectivity index (χ0) is 28.6. The fourth-order valence-electron chi connectivity index (χ4n) is 5.17. The lowest BCUT2D eigenvalue weighted by Crippen LogP contribution is -2.29. The van der Waals surface area contributed by atoms with Crippen LogP contribution < -0.4 is 5.56 Å². The number of likely N-dealkylation sites (tertiary alicyclic amines) is 1. The van der Waals surface area contributed by atoms with E-state index in [4.69, 9.17) is 4.74 Å². The van der Waals surface area contributed by atoms with E-state index in [1.54, 1.807) is 35.6 Å². The van der Waals surface area contributed by atoms with Gasteiger partial charge in [-0.1, -0.05) is 67.5 Å².